The van der Waals surface area contributed by atoms with Crippen molar-refractivity contribution in [2.24, 2.45) is 16.2 Å². The van der Waals surface area contributed by atoms with Crippen molar-refractivity contribution in [2.45, 2.75) is 48.0 Å². The zero-order valence-corrected chi connectivity index (χ0v) is 19.0. The SMILES string of the molecule is CC(C)(C)CC(C(=O)O)(C(=O)O)C(=Cc1ccc(N)cc1)C(C)(C)C.c1ncncn1. The summed E-state index contributed by atoms with van der Waals surface area (Å²) in [7, 11) is 0. The third kappa shape index (κ3) is 7.47. The summed E-state index contributed by atoms with van der Waals surface area (Å²) in [4.78, 5) is 35.2. The van der Waals surface area contributed by atoms with Crippen LogP contribution >= 0.6 is 0 Å². The highest BCUT2D eigenvalue weighted by Gasteiger charge is 2.54. The molecule has 0 amide bonds. The van der Waals surface area contributed by atoms with Gasteiger partial charge in [-0.05, 0) is 40.5 Å². The molecule has 2 aromatic rings. The van der Waals surface area contributed by atoms with Gasteiger partial charge in [-0.15, -0.1) is 0 Å². The molecule has 0 unspecified atom stereocenters. The van der Waals surface area contributed by atoms with Crippen LogP contribution in [0, 0.1) is 16.2 Å². The Morgan fingerprint density at radius 3 is 1.58 bits per heavy atom. The lowest BCUT2D eigenvalue weighted by atomic mass is 9.62. The Bertz CT molecular complexity index is 855. The fourth-order valence-corrected chi connectivity index (χ4v) is 3.31. The Hall–Kier alpha value is -3.29. The van der Waals surface area contributed by atoms with Gasteiger partial charge in [0.2, 0.25) is 0 Å². The smallest absolute Gasteiger partial charge is 0.325 e. The molecular formula is C23H32N4O4. The fourth-order valence-electron chi connectivity index (χ4n) is 3.31. The molecule has 0 spiro atoms. The molecule has 1 aromatic carbocycles. The summed E-state index contributed by atoms with van der Waals surface area (Å²) in [5.74, 6) is -2.68. The molecule has 1 heterocycles. The predicted octanol–water partition coefficient (Wildman–Crippen LogP) is 4.16. The third-order valence-electron chi connectivity index (χ3n) is 4.44. The summed E-state index contributed by atoms with van der Waals surface area (Å²) in [6.45, 7) is 11.0. The van der Waals surface area contributed by atoms with Gasteiger partial charge < -0.3 is 15.9 Å². The summed E-state index contributed by atoms with van der Waals surface area (Å²) in [6, 6.07) is 6.93. The number of hydrogen-bond donors (Lipinski definition) is 3. The first-order valence-corrected chi connectivity index (χ1v) is 9.80. The second-order valence-electron chi connectivity index (χ2n) is 9.52. The Morgan fingerprint density at radius 1 is 0.871 bits per heavy atom. The largest absolute Gasteiger partial charge is 0.480 e. The molecule has 0 fully saturated rings. The van der Waals surface area contributed by atoms with E-state index in [0.29, 0.717) is 11.3 Å². The van der Waals surface area contributed by atoms with Crippen LogP contribution in [0.3, 0.4) is 0 Å². The van der Waals surface area contributed by atoms with Crippen molar-refractivity contribution < 1.29 is 19.8 Å². The molecule has 4 N–H and O–H groups in total. The maximum atomic E-state index is 12.2. The van der Waals surface area contributed by atoms with E-state index in [9.17, 15) is 19.8 Å². The summed E-state index contributed by atoms with van der Waals surface area (Å²) in [5, 5.41) is 19.9. The molecule has 0 radical (unpaired) electrons. The lowest BCUT2D eigenvalue weighted by molar-refractivity contribution is -0.164. The van der Waals surface area contributed by atoms with E-state index in [-0.39, 0.29) is 6.42 Å². The number of carboxylic acids is 2. The van der Waals surface area contributed by atoms with Crippen molar-refractivity contribution in [3.63, 3.8) is 0 Å². The molecule has 0 aliphatic carbocycles. The van der Waals surface area contributed by atoms with E-state index >= 15 is 0 Å². The molecule has 31 heavy (non-hydrogen) atoms. The zero-order chi connectivity index (χ0) is 23.9. The average molecular weight is 429 g/mol. The van der Waals surface area contributed by atoms with Crippen molar-refractivity contribution in [3.8, 4) is 0 Å². The molecule has 0 aliphatic heterocycles. The molecule has 168 valence electrons. The van der Waals surface area contributed by atoms with Gasteiger partial charge in [0, 0.05) is 5.69 Å². The highest BCUT2D eigenvalue weighted by molar-refractivity contribution is 6.03. The first-order chi connectivity index (χ1) is 14.2. The number of nitrogens with two attached hydrogens (primary N) is 1. The van der Waals surface area contributed by atoms with Gasteiger partial charge in [0.25, 0.3) is 0 Å². The predicted molar refractivity (Wildman–Crippen MR) is 120 cm³/mol. The van der Waals surface area contributed by atoms with E-state index in [2.05, 4.69) is 15.0 Å². The Kier molecular flexibility index (Phi) is 8.43. The van der Waals surface area contributed by atoms with Gasteiger partial charge >= 0.3 is 11.9 Å². The first kappa shape index (κ1) is 25.7. The van der Waals surface area contributed by atoms with Crippen molar-refractivity contribution >= 4 is 23.7 Å². The zero-order valence-electron chi connectivity index (χ0n) is 19.0. The minimum atomic E-state index is -2.00. The number of nitrogen functional groups attached to an aromatic ring is 1. The van der Waals surface area contributed by atoms with Crippen LogP contribution in [0.15, 0.2) is 48.8 Å². The van der Waals surface area contributed by atoms with Crippen LogP contribution in [0.2, 0.25) is 0 Å². The lowest BCUT2D eigenvalue weighted by Crippen LogP contribution is -2.47. The number of hydrogen-bond acceptors (Lipinski definition) is 6. The van der Waals surface area contributed by atoms with Crippen LogP contribution in [0.5, 0.6) is 0 Å². The molecule has 8 nitrogen and oxygen atoms in total. The van der Waals surface area contributed by atoms with Crippen LogP contribution < -0.4 is 5.73 Å². The summed E-state index contributed by atoms with van der Waals surface area (Å²) in [5.41, 5.74) is 4.24. The molecule has 1 aromatic heterocycles. The molecule has 0 saturated carbocycles. The van der Waals surface area contributed by atoms with E-state index in [1.807, 2.05) is 41.5 Å². The average Bonchev–Trinajstić information content (AvgIpc) is 2.65. The van der Waals surface area contributed by atoms with E-state index in [0.717, 1.165) is 5.56 Å². The summed E-state index contributed by atoms with van der Waals surface area (Å²) >= 11 is 0. The number of anilines is 1. The standard InChI is InChI=1S/C20H29NO4.C3H3N3/c1-18(2,3)12-20(16(22)23,17(24)25)15(19(4,5)6)11-13-7-9-14(21)10-8-13;1-4-2-6-3-5-1/h7-11H,12,21H2,1-6H3,(H,22,23)(H,24,25);1-3H. The van der Waals surface area contributed by atoms with Gasteiger partial charge in [-0.1, -0.05) is 59.8 Å². The maximum Gasteiger partial charge on any atom is 0.325 e. The van der Waals surface area contributed by atoms with Crippen LogP contribution in [-0.4, -0.2) is 37.1 Å². The van der Waals surface area contributed by atoms with Crippen LogP contribution in [0.4, 0.5) is 5.69 Å². The minimum absolute atomic E-state index is 0.0112. The number of carboxylic acid groups (broad SMARTS) is 2. The minimum Gasteiger partial charge on any atom is -0.480 e. The number of carbonyl (C=O) groups is 2. The van der Waals surface area contributed by atoms with E-state index < -0.39 is 28.2 Å². The summed E-state index contributed by atoms with van der Waals surface area (Å²) < 4.78 is 0. The van der Waals surface area contributed by atoms with Gasteiger partial charge in [0.1, 0.15) is 19.0 Å². The van der Waals surface area contributed by atoms with E-state index in [1.54, 1.807) is 30.3 Å². The monoisotopic (exact) mass is 428 g/mol. The Balaban J connectivity index is 0.000000683. The van der Waals surface area contributed by atoms with Gasteiger partial charge in [0.05, 0.1) is 0 Å². The number of nitrogens with zero attached hydrogens (tertiary/aromatic N) is 3. The molecule has 0 atom stereocenters. The fraction of sp³-hybridized carbons (Fsp3) is 0.435. The molecule has 0 saturated heterocycles. The molecule has 2 rings (SSSR count). The van der Waals surface area contributed by atoms with Crippen LogP contribution in [0.25, 0.3) is 6.08 Å². The highest BCUT2D eigenvalue weighted by Crippen LogP contribution is 2.48. The molecular weight excluding hydrogens is 396 g/mol. The maximum absolute atomic E-state index is 12.2. The molecule has 0 bridgehead atoms. The Labute approximate surface area is 183 Å². The molecule has 0 aliphatic rings. The second-order valence-corrected chi connectivity index (χ2v) is 9.52. The van der Waals surface area contributed by atoms with Crippen LogP contribution in [0.1, 0.15) is 53.5 Å². The Morgan fingerprint density at radius 2 is 1.29 bits per heavy atom. The number of aromatic nitrogens is 3. The van der Waals surface area contributed by atoms with Gasteiger partial charge in [0.15, 0.2) is 5.41 Å². The van der Waals surface area contributed by atoms with Gasteiger partial charge in [-0.3, -0.25) is 9.59 Å². The lowest BCUT2D eigenvalue weighted by Gasteiger charge is -2.39. The first-order valence-electron chi connectivity index (χ1n) is 9.80. The normalized spacial score (nSPS) is 12.5. The third-order valence-corrected chi connectivity index (χ3v) is 4.44. The topological polar surface area (TPSA) is 139 Å². The number of benzene rings is 1. The highest BCUT2D eigenvalue weighted by atomic mass is 16.4. The van der Waals surface area contributed by atoms with E-state index in [1.165, 1.54) is 19.0 Å². The second kappa shape index (κ2) is 10.1. The van der Waals surface area contributed by atoms with Gasteiger partial charge in [-0.25, -0.2) is 15.0 Å². The van der Waals surface area contributed by atoms with Gasteiger partial charge in [-0.2, -0.15) is 0 Å². The van der Waals surface area contributed by atoms with E-state index in [4.69, 9.17) is 5.73 Å². The van der Waals surface area contributed by atoms with Crippen molar-refractivity contribution in [3.05, 3.63) is 54.4 Å². The van der Waals surface area contributed by atoms with Crippen LogP contribution in [-0.2, 0) is 9.59 Å². The summed E-state index contributed by atoms with van der Waals surface area (Å²) in [6.07, 6.45) is 5.98. The van der Waals surface area contributed by atoms with Crippen molar-refractivity contribution in [1.82, 2.24) is 15.0 Å². The quantitative estimate of drug-likeness (QED) is 0.476. The molecule has 8 heteroatoms. The number of aliphatic carboxylic acids is 2. The van der Waals surface area contributed by atoms with Crippen molar-refractivity contribution in [1.29, 1.82) is 0 Å². The van der Waals surface area contributed by atoms with Crippen molar-refractivity contribution in [2.75, 3.05) is 5.73 Å². The number of rotatable bonds is 5.